The van der Waals surface area contributed by atoms with Crippen molar-refractivity contribution in [1.82, 2.24) is 24.8 Å². The van der Waals surface area contributed by atoms with E-state index < -0.39 is 0 Å². The van der Waals surface area contributed by atoms with Crippen LogP contribution in [-0.4, -0.2) is 43.8 Å². The number of rotatable bonds is 3. The molecule has 1 aliphatic heterocycles. The molecule has 0 aliphatic carbocycles. The number of amides is 2. The van der Waals surface area contributed by atoms with E-state index in [1.165, 1.54) is 11.3 Å². The molecule has 3 heterocycles. The fraction of sp³-hybridized carbons (Fsp3) is 0.500. The molecule has 0 fully saturated rings. The standard InChI is InChI=1S/C16H21N5O2S/c1-10(2)18-15(22)14-13-7-20(5-4-6-21(13)9-17-14)16(23)12-8-24-11(3)19-12/h8-10H,4-7H2,1-3H3,(H,18,22). The third-order valence-electron chi connectivity index (χ3n) is 3.87. The van der Waals surface area contributed by atoms with Crippen molar-refractivity contribution < 1.29 is 9.59 Å². The van der Waals surface area contributed by atoms with Crippen LogP contribution in [0.3, 0.4) is 0 Å². The molecule has 3 rings (SSSR count). The second kappa shape index (κ2) is 6.72. The molecular formula is C16H21N5O2S. The van der Waals surface area contributed by atoms with Crippen LogP contribution in [0, 0.1) is 6.92 Å². The van der Waals surface area contributed by atoms with E-state index in [9.17, 15) is 9.59 Å². The van der Waals surface area contributed by atoms with E-state index in [1.54, 1.807) is 16.6 Å². The Balaban J connectivity index is 1.85. The van der Waals surface area contributed by atoms with Crippen LogP contribution in [0.15, 0.2) is 11.7 Å². The lowest BCUT2D eigenvalue weighted by Gasteiger charge is -2.19. The van der Waals surface area contributed by atoms with E-state index >= 15 is 0 Å². The smallest absolute Gasteiger partial charge is 0.273 e. The molecule has 2 aromatic heterocycles. The summed E-state index contributed by atoms with van der Waals surface area (Å²) < 4.78 is 1.97. The number of nitrogens with zero attached hydrogens (tertiary/aromatic N) is 4. The Morgan fingerprint density at radius 2 is 2.12 bits per heavy atom. The molecule has 0 aromatic carbocycles. The van der Waals surface area contributed by atoms with Gasteiger partial charge >= 0.3 is 0 Å². The zero-order valence-electron chi connectivity index (χ0n) is 14.1. The fourth-order valence-electron chi connectivity index (χ4n) is 2.78. The summed E-state index contributed by atoms with van der Waals surface area (Å²) in [7, 11) is 0. The van der Waals surface area contributed by atoms with Crippen LogP contribution in [0.4, 0.5) is 0 Å². The number of hydrogen-bond donors (Lipinski definition) is 1. The highest BCUT2D eigenvalue weighted by Crippen LogP contribution is 2.19. The summed E-state index contributed by atoms with van der Waals surface area (Å²) in [5.74, 6) is -0.290. The van der Waals surface area contributed by atoms with E-state index in [0.29, 0.717) is 24.5 Å². The largest absolute Gasteiger partial charge is 0.348 e. The first kappa shape index (κ1) is 16.6. The van der Waals surface area contributed by atoms with E-state index in [4.69, 9.17) is 0 Å². The predicted octanol–water partition coefficient (Wildman–Crippen LogP) is 1.83. The quantitative estimate of drug-likeness (QED) is 0.919. The molecule has 0 radical (unpaired) electrons. The van der Waals surface area contributed by atoms with Crippen molar-refractivity contribution >= 4 is 23.2 Å². The minimum atomic E-state index is -0.197. The van der Waals surface area contributed by atoms with Gasteiger partial charge in [0.1, 0.15) is 5.69 Å². The lowest BCUT2D eigenvalue weighted by molar-refractivity contribution is 0.0737. The van der Waals surface area contributed by atoms with Gasteiger partial charge in [-0.1, -0.05) is 0 Å². The maximum atomic E-state index is 12.7. The number of nitrogens with one attached hydrogen (secondary N) is 1. The van der Waals surface area contributed by atoms with E-state index in [0.717, 1.165) is 23.7 Å². The molecule has 0 atom stereocenters. The number of imidazole rings is 1. The molecule has 8 heteroatoms. The minimum absolute atomic E-state index is 0.0383. The minimum Gasteiger partial charge on any atom is -0.348 e. The maximum Gasteiger partial charge on any atom is 0.273 e. The van der Waals surface area contributed by atoms with Crippen molar-refractivity contribution in [3.8, 4) is 0 Å². The van der Waals surface area contributed by atoms with E-state index in [2.05, 4.69) is 15.3 Å². The van der Waals surface area contributed by atoms with Crippen LogP contribution in [-0.2, 0) is 13.1 Å². The summed E-state index contributed by atoms with van der Waals surface area (Å²) in [5, 5.41) is 5.52. The summed E-state index contributed by atoms with van der Waals surface area (Å²) >= 11 is 1.46. The van der Waals surface area contributed by atoms with Crippen LogP contribution in [0.2, 0.25) is 0 Å². The molecule has 0 spiro atoms. The molecular weight excluding hydrogens is 326 g/mol. The Kier molecular flexibility index (Phi) is 4.66. The number of hydrogen-bond acceptors (Lipinski definition) is 5. The first-order valence-electron chi connectivity index (χ1n) is 8.02. The Morgan fingerprint density at radius 1 is 1.33 bits per heavy atom. The van der Waals surface area contributed by atoms with Gasteiger partial charge in [0.05, 0.1) is 23.6 Å². The normalized spacial score (nSPS) is 14.4. The highest BCUT2D eigenvalue weighted by atomic mass is 32.1. The van der Waals surface area contributed by atoms with Gasteiger partial charge < -0.3 is 14.8 Å². The second-order valence-corrected chi connectivity index (χ2v) is 7.26. The van der Waals surface area contributed by atoms with Gasteiger partial charge in [0.2, 0.25) is 0 Å². The monoisotopic (exact) mass is 347 g/mol. The number of fused-ring (bicyclic) bond motifs is 1. The van der Waals surface area contributed by atoms with Crippen LogP contribution in [0.5, 0.6) is 0 Å². The van der Waals surface area contributed by atoms with Gasteiger partial charge in [-0.15, -0.1) is 11.3 Å². The number of aromatic nitrogens is 3. The summed E-state index contributed by atoms with van der Waals surface area (Å²) in [6.45, 7) is 7.46. The average molecular weight is 347 g/mol. The predicted molar refractivity (Wildman–Crippen MR) is 91.0 cm³/mol. The van der Waals surface area contributed by atoms with Gasteiger partial charge in [0, 0.05) is 24.5 Å². The molecule has 1 N–H and O–H groups in total. The van der Waals surface area contributed by atoms with Gasteiger partial charge in [-0.25, -0.2) is 9.97 Å². The maximum absolute atomic E-state index is 12.7. The van der Waals surface area contributed by atoms with Crippen LogP contribution < -0.4 is 5.32 Å². The zero-order chi connectivity index (χ0) is 17.3. The third kappa shape index (κ3) is 3.33. The number of thiazole rings is 1. The second-order valence-electron chi connectivity index (χ2n) is 6.19. The molecule has 24 heavy (non-hydrogen) atoms. The van der Waals surface area contributed by atoms with Gasteiger partial charge in [0.15, 0.2) is 5.69 Å². The Hall–Kier alpha value is -2.22. The van der Waals surface area contributed by atoms with Crippen LogP contribution in [0.25, 0.3) is 0 Å². The molecule has 2 amide bonds. The first-order chi connectivity index (χ1) is 11.5. The van der Waals surface area contributed by atoms with Crippen molar-refractivity contribution in [3.63, 3.8) is 0 Å². The molecule has 0 saturated carbocycles. The highest BCUT2D eigenvalue weighted by molar-refractivity contribution is 7.09. The zero-order valence-corrected chi connectivity index (χ0v) is 14.9. The summed E-state index contributed by atoms with van der Waals surface area (Å²) in [6.07, 6.45) is 2.51. The summed E-state index contributed by atoms with van der Waals surface area (Å²) in [6, 6.07) is 0.0383. The van der Waals surface area contributed by atoms with E-state index in [-0.39, 0.29) is 17.9 Å². The Labute approximate surface area is 144 Å². The number of carbonyl (C=O) groups is 2. The lowest BCUT2D eigenvalue weighted by atomic mass is 10.2. The number of aryl methyl sites for hydroxylation is 2. The van der Waals surface area contributed by atoms with E-state index in [1.807, 2.05) is 25.3 Å². The fourth-order valence-corrected chi connectivity index (χ4v) is 3.36. The van der Waals surface area contributed by atoms with Crippen molar-refractivity contribution in [2.45, 2.75) is 46.3 Å². The van der Waals surface area contributed by atoms with Gasteiger partial charge in [-0.3, -0.25) is 9.59 Å². The Bertz CT molecular complexity index is 764. The highest BCUT2D eigenvalue weighted by Gasteiger charge is 2.26. The van der Waals surface area contributed by atoms with Gasteiger partial charge in [0.25, 0.3) is 11.8 Å². The molecule has 0 unspecified atom stereocenters. The molecule has 1 aliphatic rings. The third-order valence-corrected chi connectivity index (χ3v) is 4.65. The molecule has 2 aromatic rings. The molecule has 7 nitrogen and oxygen atoms in total. The molecule has 0 bridgehead atoms. The van der Waals surface area contributed by atoms with Crippen molar-refractivity contribution in [3.05, 3.63) is 33.8 Å². The lowest BCUT2D eigenvalue weighted by Crippen LogP contribution is -2.34. The molecule has 0 saturated heterocycles. The first-order valence-corrected chi connectivity index (χ1v) is 8.90. The Morgan fingerprint density at radius 3 is 2.79 bits per heavy atom. The SMILES string of the molecule is Cc1nc(C(=O)N2CCCn3cnc(C(=O)NC(C)C)c3C2)cs1. The number of carbonyl (C=O) groups excluding carboxylic acids is 2. The van der Waals surface area contributed by atoms with Crippen LogP contribution >= 0.6 is 11.3 Å². The topological polar surface area (TPSA) is 80.1 Å². The van der Waals surface area contributed by atoms with Crippen molar-refractivity contribution in [2.75, 3.05) is 6.54 Å². The average Bonchev–Trinajstić information content (AvgIpc) is 3.06. The summed E-state index contributed by atoms with van der Waals surface area (Å²) in [5.41, 5.74) is 1.66. The summed E-state index contributed by atoms with van der Waals surface area (Å²) in [4.78, 5) is 35.3. The van der Waals surface area contributed by atoms with Crippen molar-refractivity contribution in [1.29, 1.82) is 0 Å². The molecule has 128 valence electrons. The van der Waals surface area contributed by atoms with Gasteiger partial charge in [-0.2, -0.15) is 0 Å². The van der Waals surface area contributed by atoms with Crippen molar-refractivity contribution in [2.24, 2.45) is 0 Å². The van der Waals surface area contributed by atoms with Gasteiger partial charge in [-0.05, 0) is 27.2 Å². The van der Waals surface area contributed by atoms with Crippen LogP contribution in [0.1, 0.15) is 51.9 Å².